The van der Waals surface area contributed by atoms with Crippen LogP contribution in [0, 0.1) is 0 Å². The van der Waals surface area contributed by atoms with Gasteiger partial charge >= 0.3 is 0 Å². The van der Waals surface area contributed by atoms with Crippen LogP contribution in [0.15, 0.2) is 0 Å². The first-order valence-corrected chi connectivity index (χ1v) is 9.33. The minimum absolute atomic E-state index is 0.521. The zero-order valence-electron chi connectivity index (χ0n) is 9.48. The van der Waals surface area contributed by atoms with E-state index in [0.717, 1.165) is 12.1 Å². The van der Waals surface area contributed by atoms with Crippen LogP contribution in [0.2, 0.25) is 24.2 Å². The Morgan fingerprint density at radius 2 is 1.13 bits per heavy atom. The minimum atomic E-state index is -1.23. The highest BCUT2D eigenvalue weighted by atomic mass is 28.3. The molecule has 15 heavy (non-hydrogen) atoms. The van der Waals surface area contributed by atoms with Gasteiger partial charge in [0.15, 0.2) is 0 Å². The molecule has 2 fully saturated rings. The Morgan fingerprint density at radius 3 is 1.60 bits per heavy atom. The smallest absolute Gasteiger partial charge is 0.131 e. The van der Waals surface area contributed by atoms with Crippen LogP contribution in [0.4, 0.5) is 8.78 Å². The average Bonchev–Trinajstić information content (AvgIpc) is 2.55. The second-order valence-electron chi connectivity index (χ2n) is 5.52. The van der Waals surface area contributed by atoms with E-state index in [2.05, 4.69) is 0 Å². The molecular formula is C12H22F2Si. The molecule has 0 nitrogen and oxygen atoms in total. The lowest BCUT2D eigenvalue weighted by Crippen LogP contribution is -2.32. The third-order valence-electron chi connectivity index (χ3n) is 4.46. The van der Waals surface area contributed by atoms with Gasteiger partial charge < -0.3 is 0 Å². The lowest BCUT2D eigenvalue weighted by Gasteiger charge is -2.28. The molecule has 0 amide bonds. The van der Waals surface area contributed by atoms with Crippen LogP contribution in [-0.4, -0.2) is 20.4 Å². The van der Waals surface area contributed by atoms with E-state index in [-0.39, 0.29) is 0 Å². The normalized spacial score (nSPS) is 37.2. The molecule has 2 heterocycles. The van der Waals surface area contributed by atoms with Gasteiger partial charge in [-0.2, -0.15) is 0 Å². The van der Waals surface area contributed by atoms with E-state index in [0.29, 0.717) is 12.8 Å². The Kier molecular flexibility index (Phi) is 3.81. The van der Waals surface area contributed by atoms with Crippen LogP contribution in [0.5, 0.6) is 0 Å². The largest absolute Gasteiger partial charge is 0.244 e. The molecule has 0 radical (unpaired) electrons. The van der Waals surface area contributed by atoms with Crippen molar-refractivity contribution in [2.24, 2.45) is 0 Å². The number of alkyl halides is 2. The van der Waals surface area contributed by atoms with Crippen LogP contribution in [-0.2, 0) is 0 Å². The number of hydrogen-bond donors (Lipinski definition) is 0. The molecule has 0 aliphatic carbocycles. The van der Waals surface area contributed by atoms with Gasteiger partial charge in [0, 0.05) is 0 Å². The summed E-state index contributed by atoms with van der Waals surface area (Å²) in [6.07, 6.45) is 4.11. The van der Waals surface area contributed by atoms with Crippen molar-refractivity contribution in [2.45, 2.75) is 75.0 Å². The summed E-state index contributed by atoms with van der Waals surface area (Å²) in [6, 6.07) is 4.84. The summed E-state index contributed by atoms with van der Waals surface area (Å²) < 4.78 is 26.6. The van der Waals surface area contributed by atoms with Gasteiger partial charge in [-0.25, -0.2) is 8.78 Å². The molecule has 2 atom stereocenters. The van der Waals surface area contributed by atoms with Gasteiger partial charge in [-0.3, -0.25) is 0 Å². The minimum Gasteiger partial charge on any atom is -0.244 e. The molecule has 0 aromatic heterocycles. The zero-order valence-corrected chi connectivity index (χ0v) is 10.5. The van der Waals surface area contributed by atoms with E-state index in [1.807, 2.05) is 0 Å². The zero-order chi connectivity index (χ0) is 10.7. The van der Waals surface area contributed by atoms with Gasteiger partial charge in [0.2, 0.25) is 0 Å². The van der Waals surface area contributed by atoms with Gasteiger partial charge in [-0.1, -0.05) is 49.9 Å². The molecule has 0 aromatic rings. The second-order valence-corrected chi connectivity index (χ2v) is 10.5. The van der Waals surface area contributed by atoms with Crippen molar-refractivity contribution in [3.8, 4) is 0 Å². The van der Waals surface area contributed by atoms with E-state index in [1.54, 1.807) is 0 Å². The maximum atomic E-state index is 13.3. The summed E-state index contributed by atoms with van der Waals surface area (Å²) in [4.78, 5) is 0. The molecule has 0 N–H and O–H groups in total. The second kappa shape index (κ2) is 4.94. The Labute approximate surface area is 92.5 Å². The molecule has 2 aliphatic rings. The molecule has 88 valence electrons. The van der Waals surface area contributed by atoms with Gasteiger partial charge in [-0.15, -0.1) is 0 Å². The highest BCUT2D eigenvalue weighted by Crippen LogP contribution is 2.40. The molecule has 0 aromatic carbocycles. The van der Waals surface area contributed by atoms with Crippen LogP contribution in [0.1, 0.15) is 38.5 Å². The molecule has 2 rings (SSSR count). The van der Waals surface area contributed by atoms with E-state index < -0.39 is 20.4 Å². The van der Waals surface area contributed by atoms with Gasteiger partial charge in [0.1, 0.15) is 12.3 Å². The first-order valence-electron chi connectivity index (χ1n) is 6.50. The Balaban J connectivity index is 2.00. The Bertz CT molecular complexity index is 186. The summed E-state index contributed by atoms with van der Waals surface area (Å²) in [5.74, 6) is 0. The lowest BCUT2D eigenvalue weighted by atomic mass is 10.1. The molecule has 2 aliphatic heterocycles. The van der Waals surface area contributed by atoms with E-state index in [4.69, 9.17) is 0 Å². The maximum absolute atomic E-state index is 13.3. The van der Waals surface area contributed by atoms with Crippen molar-refractivity contribution in [3.05, 3.63) is 0 Å². The fourth-order valence-corrected chi connectivity index (χ4v) is 8.63. The van der Waals surface area contributed by atoms with Crippen LogP contribution in [0.25, 0.3) is 0 Å². The molecule has 2 unspecified atom stereocenters. The van der Waals surface area contributed by atoms with Crippen molar-refractivity contribution in [2.75, 3.05) is 0 Å². The third-order valence-corrected chi connectivity index (χ3v) is 9.98. The summed E-state index contributed by atoms with van der Waals surface area (Å²) in [5, 5.41) is 0. The molecule has 3 heteroatoms. The van der Waals surface area contributed by atoms with Gasteiger partial charge in [0.05, 0.1) is 8.07 Å². The first kappa shape index (κ1) is 11.6. The van der Waals surface area contributed by atoms with Gasteiger partial charge in [0.25, 0.3) is 0 Å². The highest BCUT2D eigenvalue weighted by Gasteiger charge is 2.38. The van der Waals surface area contributed by atoms with E-state index in [9.17, 15) is 8.78 Å². The Morgan fingerprint density at radius 1 is 0.667 bits per heavy atom. The number of hydrogen-bond acceptors (Lipinski definition) is 0. The maximum Gasteiger partial charge on any atom is 0.131 e. The van der Waals surface area contributed by atoms with Crippen LogP contribution < -0.4 is 0 Å². The van der Waals surface area contributed by atoms with Crippen LogP contribution in [0.3, 0.4) is 0 Å². The molecule has 0 bridgehead atoms. The van der Waals surface area contributed by atoms with E-state index in [1.165, 1.54) is 37.8 Å². The predicted molar refractivity (Wildman–Crippen MR) is 62.5 cm³/mol. The van der Waals surface area contributed by atoms with Crippen molar-refractivity contribution < 1.29 is 8.78 Å². The summed E-state index contributed by atoms with van der Waals surface area (Å²) in [5.41, 5.74) is 0. The van der Waals surface area contributed by atoms with Crippen molar-refractivity contribution in [1.82, 2.24) is 0 Å². The summed E-state index contributed by atoms with van der Waals surface area (Å²) in [7, 11) is -1.23. The quantitative estimate of drug-likeness (QED) is 0.540. The molecular weight excluding hydrogens is 210 g/mol. The van der Waals surface area contributed by atoms with Crippen molar-refractivity contribution in [3.63, 3.8) is 0 Å². The highest BCUT2D eigenvalue weighted by molar-refractivity contribution is 6.80. The fraction of sp³-hybridized carbons (Fsp3) is 1.00. The number of rotatable bonds is 0. The van der Waals surface area contributed by atoms with Crippen molar-refractivity contribution >= 4 is 8.07 Å². The Hall–Kier alpha value is 0.0769. The average molecular weight is 232 g/mol. The topological polar surface area (TPSA) is 0 Å². The summed E-state index contributed by atoms with van der Waals surface area (Å²) in [6.45, 7) is 0. The first-order chi connectivity index (χ1) is 7.22. The molecule has 2 saturated heterocycles. The predicted octanol–water partition coefficient (Wildman–Crippen LogP) is 4.48. The lowest BCUT2D eigenvalue weighted by molar-refractivity contribution is 0.162. The molecule has 1 spiro atoms. The number of halogens is 2. The van der Waals surface area contributed by atoms with Crippen molar-refractivity contribution in [1.29, 1.82) is 0 Å². The third kappa shape index (κ3) is 2.80. The van der Waals surface area contributed by atoms with Gasteiger partial charge in [-0.05, 0) is 12.8 Å². The standard InChI is InChI=1S/C12H22F2Si/c13-11-5-9-15(10-6-12(11)14)7-3-1-2-4-8-15/h11-12H,1-10H2. The monoisotopic (exact) mass is 232 g/mol. The molecule has 0 saturated carbocycles. The van der Waals surface area contributed by atoms with E-state index >= 15 is 0 Å². The fourth-order valence-electron chi connectivity index (χ4n) is 3.35. The SMILES string of the molecule is FC1CC[Si]2(CCCCCC2)CCC1F. The summed E-state index contributed by atoms with van der Waals surface area (Å²) >= 11 is 0. The van der Waals surface area contributed by atoms with Crippen LogP contribution >= 0.6 is 0 Å².